The van der Waals surface area contributed by atoms with E-state index in [0.717, 1.165) is 16.8 Å². The summed E-state index contributed by atoms with van der Waals surface area (Å²) in [6.45, 7) is 3.78. The van der Waals surface area contributed by atoms with Gasteiger partial charge < -0.3 is 9.47 Å². The number of para-hydroxylation sites is 1. The van der Waals surface area contributed by atoms with Crippen LogP contribution in [0.1, 0.15) is 11.1 Å². The first-order valence-corrected chi connectivity index (χ1v) is 11.0. The van der Waals surface area contributed by atoms with E-state index in [0.29, 0.717) is 27.6 Å². The van der Waals surface area contributed by atoms with Gasteiger partial charge in [0, 0.05) is 22.2 Å². The van der Waals surface area contributed by atoms with Crippen LogP contribution in [-0.2, 0) is 6.18 Å². The van der Waals surface area contributed by atoms with Gasteiger partial charge in [-0.1, -0.05) is 48.5 Å². The van der Waals surface area contributed by atoms with Gasteiger partial charge in [-0.2, -0.15) is 22.9 Å². The molecule has 1 heterocycles. The predicted molar refractivity (Wildman–Crippen MR) is 133 cm³/mol. The van der Waals surface area contributed by atoms with E-state index in [2.05, 4.69) is 16.7 Å². The number of benzene rings is 3. The van der Waals surface area contributed by atoms with Gasteiger partial charge in [0.05, 0.1) is 29.8 Å². The summed E-state index contributed by atoms with van der Waals surface area (Å²) in [5.41, 5.74) is -0.682. The van der Waals surface area contributed by atoms with Crippen LogP contribution in [0, 0.1) is 0 Å². The van der Waals surface area contributed by atoms with Crippen molar-refractivity contribution in [2.75, 3.05) is 13.7 Å². The minimum Gasteiger partial charge on any atom is -0.493 e. The molecule has 0 amide bonds. The Morgan fingerprint density at radius 1 is 1.14 bits per heavy atom. The second kappa shape index (κ2) is 10.2. The molecule has 4 aromatic rings. The third-order valence-electron chi connectivity index (χ3n) is 5.13. The highest BCUT2D eigenvalue weighted by atomic mass is 35.5. The van der Waals surface area contributed by atoms with E-state index < -0.39 is 17.3 Å². The van der Waals surface area contributed by atoms with Gasteiger partial charge in [0.15, 0.2) is 17.3 Å². The zero-order chi connectivity index (χ0) is 25.9. The zero-order valence-corrected chi connectivity index (χ0v) is 19.7. The van der Waals surface area contributed by atoms with Gasteiger partial charge in [0.2, 0.25) is 0 Å². The minimum atomic E-state index is -4.57. The number of methoxy groups -OCH3 is 1. The van der Waals surface area contributed by atoms with Crippen molar-refractivity contribution < 1.29 is 22.6 Å². The number of rotatable bonds is 7. The van der Waals surface area contributed by atoms with Crippen LogP contribution in [0.2, 0.25) is 5.02 Å². The first-order valence-electron chi connectivity index (χ1n) is 10.6. The van der Waals surface area contributed by atoms with E-state index in [1.54, 1.807) is 42.5 Å². The molecule has 0 N–H and O–H groups in total. The lowest BCUT2D eigenvalue weighted by Gasteiger charge is -2.14. The molecule has 0 spiro atoms. The van der Waals surface area contributed by atoms with Gasteiger partial charge in [-0.15, -0.1) is 0 Å². The molecule has 6 nitrogen and oxygen atoms in total. The Morgan fingerprint density at radius 2 is 1.92 bits per heavy atom. The molecular formula is C26H19ClF3N3O3. The van der Waals surface area contributed by atoms with Crippen LogP contribution in [-0.4, -0.2) is 29.6 Å². The molecule has 0 unspecified atom stereocenters. The normalized spacial score (nSPS) is 11.7. The minimum absolute atomic E-state index is 0.0661. The lowest BCUT2D eigenvalue weighted by Crippen LogP contribution is -2.20. The van der Waals surface area contributed by atoms with Crippen LogP contribution in [0.25, 0.3) is 22.3 Å². The molecule has 3 aromatic carbocycles. The smallest absolute Gasteiger partial charge is 0.416 e. The largest absolute Gasteiger partial charge is 0.493 e. The second-order valence-electron chi connectivity index (χ2n) is 7.52. The van der Waals surface area contributed by atoms with Crippen LogP contribution in [0.3, 0.4) is 0 Å². The molecule has 0 saturated carbocycles. The van der Waals surface area contributed by atoms with Crippen LogP contribution >= 0.6 is 11.6 Å². The summed E-state index contributed by atoms with van der Waals surface area (Å²) in [5, 5.41) is 4.86. The quantitative estimate of drug-likeness (QED) is 0.218. The Bertz CT molecular complexity index is 1530. The fourth-order valence-electron chi connectivity index (χ4n) is 3.51. The number of fused-ring (bicyclic) bond motifs is 1. The number of aromatic nitrogens is 2. The highest BCUT2D eigenvalue weighted by molar-refractivity contribution is 6.31. The first kappa shape index (κ1) is 25.0. The molecule has 0 aliphatic rings. The lowest BCUT2D eigenvalue weighted by atomic mass is 10.1. The molecule has 0 saturated heterocycles. The molecule has 0 bridgehead atoms. The lowest BCUT2D eigenvalue weighted by molar-refractivity contribution is -0.137. The highest BCUT2D eigenvalue weighted by Gasteiger charge is 2.31. The van der Waals surface area contributed by atoms with Gasteiger partial charge in [-0.3, -0.25) is 4.79 Å². The molecule has 0 fully saturated rings. The van der Waals surface area contributed by atoms with Crippen molar-refractivity contribution in [2.24, 2.45) is 5.10 Å². The van der Waals surface area contributed by atoms with E-state index in [1.165, 1.54) is 25.5 Å². The topological polar surface area (TPSA) is 65.7 Å². The van der Waals surface area contributed by atoms with E-state index in [9.17, 15) is 18.0 Å². The number of ether oxygens (including phenoxy) is 2. The van der Waals surface area contributed by atoms with Crippen LogP contribution in [0.15, 0.2) is 83.2 Å². The maximum absolute atomic E-state index is 13.4. The highest BCUT2D eigenvalue weighted by Crippen LogP contribution is 2.34. The van der Waals surface area contributed by atoms with Crippen LogP contribution < -0.4 is 15.0 Å². The monoisotopic (exact) mass is 513 g/mol. The Kier molecular flexibility index (Phi) is 7.12. The number of alkyl halides is 3. The molecule has 36 heavy (non-hydrogen) atoms. The number of nitrogens with zero attached hydrogens (tertiary/aromatic N) is 3. The standard InChI is InChI=1S/C26H19ClF3N3O3/c1-3-11-36-23-17(13-19(27)14-22(23)35-2)15-31-33-24(16-7-6-8-18(12-16)26(28,29)30)32-21-10-5-4-9-20(21)25(33)34/h3-10,12-15H,1,11H2,2H3. The number of halogens is 4. The van der Waals surface area contributed by atoms with Crippen molar-refractivity contribution in [3.8, 4) is 22.9 Å². The average Bonchev–Trinajstić information content (AvgIpc) is 2.86. The molecular weight excluding hydrogens is 495 g/mol. The molecule has 0 atom stereocenters. The molecule has 0 radical (unpaired) electrons. The summed E-state index contributed by atoms with van der Waals surface area (Å²) in [7, 11) is 1.44. The summed E-state index contributed by atoms with van der Waals surface area (Å²) in [6.07, 6.45) is -1.73. The SMILES string of the molecule is C=CCOc1c(C=Nn2c(-c3cccc(C(F)(F)F)c3)nc3ccccc3c2=O)cc(Cl)cc1OC. The Balaban J connectivity index is 1.94. The predicted octanol–water partition coefficient (Wildman–Crippen LogP) is 6.19. The van der Waals surface area contributed by atoms with Gasteiger partial charge >= 0.3 is 6.18 Å². The van der Waals surface area contributed by atoms with Crippen molar-refractivity contribution in [1.29, 1.82) is 0 Å². The van der Waals surface area contributed by atoms with Gasteiger partial charge in [-0.05, 0) is 30.3 Å². The van der Waals surface area contributed by atoms with E-state index in [4.69, 9.17) is 21.1 Å². The Hall–Kier alpha value is -4.11. The number of hydrogen-bond donors (Lipinski definition) is 0. The molecule has 184 valence electrons. The summed E-state index contributed by atoms with van der Waals surface area (Å²) < 4.78 is 52.1. The van der Waals surface area contributed by atoms with Crippen LogP contribution in [0.5, 0.6) is 11.5 Å². The van der Waals surface area contributed by atoms with Crippen LogP contribution in [0.4, 0.5) is 13.2 Å². The Morgan fingerprint density at radius 3 is 2.64 bits per heavy atom. The summed E-state index contributed by atoms with van der Waals surface area (Å²) in [4.78, 5) is 17.8. The van der Waals surface area contributed by atoms with E-state index >= 15 is 0 Å². The summed E-state index contributed by atoms with van der Waals surface area (Å²) in [6, 6.07) is 14.1. The third-order valence-corrected chi connectivity index (χ3v) is 5.35. The van der Waals surface area contributed by atoms with Gasteiger partial charge in [0.25, 0.3) is 5.56 Å². The van der Waals surface area contributed by atoms with Crippen molar-refractivity contribution in [2.45, 2.75) is 6.18 Å². The van der Waals surface area contributed by atoms with Crippen molar-refractivity contribution in [3.63, 3.8) is 0 Å². The maximum atomic E-state index is 13.4. The van der Waals surface area contributed by atoms with Gasteiger partial charge in [-0.25, -0.2) is 4.98 Å². The number of hydrogen-bond acceptors (Lipinski definition) is 5. The second-order valence-corrected chi connectivity index (χ2v) is 7.96. The van der Waals surface area contributed by atoms with Crippen molar-refractivity contribution in [1.82, 2.24) is 9.66 Å². The fourth-order valence-corrected chi connectivity index (χ4v) is 3.72. The van der Waals surface area contributed by atoms with Crippen molar-refractivity contribution >= 4 is 28.7 Å². The van der Waals surface area contributed by atoms with Gasteiger partial charge in [0.1, 0.15) is 6.61 Å². The van der Waals surface area contributed by atoms with Crippen molar-refractivity contribution in [3.05, 3.63) is 99.8 Å². The molecule has 0 aliphatic carbocycles. The summed E-state index contributed by atoms with van der Waals surface area (Å²) >= 11 is 6.21. The third kappa shape index (κ3) is 5.11. The zero-order valence-electron chi connectivity index (χ0n) is 18.9. The molecule has 4 rings (SSSR count). The van der Waals surface area contributed by atoms with E-state index in [-0.39, 0.29) is 23.4 Å². The summed E-state index contributed by atoms with van der Waals surface area (Å²) in [5.74, 6) is 0.560. The molecule has 10 heteroatoms. The maximum Gasteiger partial charge on any atom is 0.416 e. The average molecular weight is 514 g/mol. The fraction of sp³-hybridized carbons (Fsp3) is 0.115. The molecule has 1 aromatic heterocycles. The molecule has 0 aliphatic heterocycles. The Labute approximate surface area is 208 Å². The van der Waals surface area contributed by atoms with E-state index in [1.807, 2.05) is 0 Å². The first-order chi connectivity index (χ1) is 17.2.